The van der Waals surface area contributed by atoms with Gasteiger partial charge in [0.25, 0.3) is 0 Å². The van der Waals surface area contributed by atoms with Crippen LogP contribution in [0.15, 0.2) is 22.4 Å². The lowest BCUT2D eigenvalue weighted by Gasteiger charge is -2.52. The summed E-state index contributed by atoms with van der Waals surface area (Å²) in [4.78, 5) is 0. The van der Waals surface area contributed by atoms with Crippen LogP contribution < -0.4 is 5.32 Å². The molecule has 2 aliphatic heterocycles. The molecule has 3 aliphatic rings. The van der Waals surface area contributed by atoms with Crippen LogP contribution in [0.25, 0.3) is 0 Å². The Hall–Kier alpha value is -0.760. The molecule has 23 heavy (non-hydrogen) atoms. The minimum atomic E-state index is 0.109. The highest BCUT2D eigenvalue weighted by Crippen LogP contribution is 2.67. The average Bonchev–Trinajstić information content (AvgIpc) is 3.17. The van der Waals surface area contributed by atoms with E-state index < -0.39 is 0 Å². The Bertz CT molecular complexity index is 540. The van der Waals surface area contributed by atoms with E-state index in [4.69, 9.17) is 4.74 Å². The van der Waals surface area contributed by atoms with Crippen molar-refractivity contribution in [1.29, 1.82) is 0 Å². The summed E-state index contributed by atoms with van der Waals surface area (Å²) < 4.78 is 5.71. The summed E-state index contributed by atoms with van der Waals surface area (Å²) in [6.07, 6.45) is 6.20. The zero-order valence-electron chi connectivity index (χ0n) is 16.0. The van der Waals surface area contributed by atoms with Crippen LogP contribution in [0.4, 0.5) is 0 Å². The van der Waals surface area contributed by atoms with Crippen LogP contribution in [0.5, 0.6) is 0 Å². The number of hydrogen-bond donors (Lipinski definition) is 1. The average molecular weight is 318 g/mol. The van der Waals surface area contributed by atoms with Crippen molar-refractivity contribution in [2.45, 2.75) is 79.2 Å². The summed E-state index contributed by atoms with van der Waals surface area (Å²) in [5.41, 5.74) is 7.13. The van der Waals surface area contributed by atoms with Gasteiger partial charge < -0.3 is 10.1 Å². The Morgan fingerprint density at radius 1 is 1.04 bits per heavy atom. The molecular weight excluding hydrogens is 282 g/mol. The van der Waals surface area contributed by atoms with Crippen LogP contribution in [-0.4, -0.2) is 18.8 Å². The van der Waals surface area contributed by atoms with Crippen molar-refractivity contribution in [2.75, 3.05) is 13.2 Å². The van der Waals surface area contributed by atoms with Gasteiger partial charge in [0, 0.05) is 5.70 Å². The highest BCUT2D eigenvalue weighted by molar-refractivity contribution is 5.64. The Morgan fingerprint density at radius 2 is 1.74 bits per heavy atom. The number of rotatable bonds is 7. The fraction of sp³-hybridized carbons (Fsp3) is 0.810. The molecular formula is C21H35NO. The maximum absolute atomic E-state index is 5.71. The molecule has 0 radical (unpaired) electrons. The summed E-state index contributed by atoms with van der Waals surface area (Å²) in [6.45, 7) is 16.0. The summed E-state index contributed by atoms with van der Waals surface area (Å²) in [5.74, 6) is 1.33. The van der Waals surface area contributed by atoms with Crippen molar-refractivity contribution in [1.82, 2.24) is 5.32 Å². The standard InChI is InChI=1S/C21H35NO/c1-7-11-15(6)18-17(14(5)8-2)20(12-23-13-20)22-19-16(9-3)21(18,19)10-4/h14-15,22H,7-13H2,1-6H3. The summed E-state index contributed by atoms with van der Waals surface area (Å²) in [6, 6.07) is 0. The van der Waals surface area contributed by atoms with Crippen LogP contribution in [0.2, 0.25) is 0 Å². The predicted octanol–water partition coefficient (Wildman–Crippen LogP) is 5.21. The second kappa shape index (κ2) is 5.95. The van der Waals surface area contributed by atoms with Crippen molar-refractivity contribution in [3.63, 3.8) is 0 Å². The molecule has 130 valence electrons. The van der Waals surface area contributed by atoms with Gasteiger partial charge in [-0.3, -0.25) is 0 Å². The zero-order valence-corrected chi connectivity index (χ0v) is 16.0. The minimum absolute atomic E-state index is 0.109. The van der Waals surface area contributed by atoms with Gasteiger partial charge in [-0.25, -0.2) is 0 Å². The quantitative estimate of drug-likeness (QED) is 0.651. The van der Waals surface area contributed by atoms with Crippen molar-refractivity contribution in [3.05, 3.63) is 22.4 Å². The molecule has 0 aromatic rings. The summed E-state index contributed by atoms with van der Waals surface area (Å²) >= 11 is 0. The molecule has 0 aromatic carbocycles. The number of ether oxygens (including phenoxy) is 1. The van der Waals surface area contributed by atoms with Gasteiger partial charge in [-0.15, -0.1) is 0 Å². The molecule has 0 saturated carbocycles. The third kappa shape index (κ3) is 2.17. The lowest BCUT2D eigenvalue weighted by atomic mass is 9.64. The minimum Gasteiger partial charge on any atom is -0.376 e. The first kappa shape index (κ1) is 17.1. The number of fused-ring (bicyclic) bond motifs is 1. The largest absolute Gasteiger partial charge is 0.376 e. The number of hydrogen-bond acceptors (Lipinski definition) is 2. The molecule has 3 atom stereocenters. The van der Waals surface area contributed by atoms with E-state index in [1.54, 1.807) is 22.4 Å². The molecule has 0 amide bonds. The predicted molar refractivity (Wildman–Crippen MR) is 97.3 cm³/mol. The summed E-state index contributed by atoms with van der Waals surface area (Å²) in [5, 5.41) is 3.99. The molecule has 2 nitrogen and oxygen atoms in total. The Morgan fingerprint density at radius 3 is 2.17 bits per heavy atom. The lowest BCUT2D eigenvalue weighted by Crippen LogP contribution is -2.64. The van der Waals surface area contributed by atoms with Gasteiger partial charge >= 0.3 is 0 Å². The van der Waals surface area contributed by atoms with E-state index in [1.807, 2.05) is 0 Å². The van der Waals surface area contributed by atoms with E-state index in [1.165, 1.54) is 32.1 Å². The van der Waals surface area contributed by atoms with Gasteiger partial charge in [0.2, 0.25) is 0 Å². The van der Waals surface area contributed by atoms with Gasteiger partial charge in [0.05, 0.1) is 18.6 Å². The highest BCUT2D eigenvalue weighted by Gasteiger charge is 2.63. The third-order valence-electron chi connectivity index (χ3n) is 6.71. The molecule has 1 fully saturated rings. The molecule has 2 heteroatoms. The fourth-order valence-corrected chi connectivity index (χ4v) is 5.45. The van der Waals surface area contributed by atoms with Crippen molar-refractivity contribution < 1.29 is 4.74 Å². The molecule has 0 aromatic heterocycles. The van der Waals surface area contributed by atoms with Gasteiger partial charge in [-0.05, 0) is 54.2 Å². The van der Waals surface area contributed by atoms with Gasteiger partial charge in [-0.2, -0.15) is 0 Å². The molecule has 1 saturated heterocycles. The number of allylic oxidation sites excluding steroid dienone is 2. The van der Waals surface area contributed by atoms with Crippen LogP contribution in [-0.2, 0) is 4.74 Å². The Kier molecular flexibility index (Phi) is 4.42. The number of nitrogens with one attached hydrogen (secondary N) is 1. The van der Waals surface area contributed by atoms with Crippen LogP contribution in [0.3, 0.4) is 0 Å². The van der Waals surface area contributed by atoms with Crippen LogP contribution in [0, 0.1) is 17.3 Å². The first-order valence-corrected chi connectivity index (χ1v) is 9.87. The topological polar surface area (TPSA) is 21.3 Å². The van der Waals surface area contributed by atoms with Gasteiger partial charge in [0.15, 0.2) is 0 Å². The third-order valence-corrected chi connectivity index (χ3v) is 6.71. The normalized spacial score (nSPS) is 30.7. The van der Waals surface area contributed by atoms with E-state index >= 15 is 0 Å². The van der Waals surface area contributed by atoms with Crippen molar-refractivity contribution >= 4 is 0 Å². The van der Waals surface area contributed by atoms with Crippen molar-refractivity contribution in [2.24, 2.45) is 17.3 Å². The molecule has 0 bridgehead atoms. The summed E-state index contributed by atoms with van der Waals surface area (Å²) in [7, 11) is 0. The highest BCUT2D eigenvalue weighted by atomic mass is 16.5. The SMILES string of the molecule is CCCC(C)C1=C(C(C)CC)C2(COC2)NC2=C(CC)C21CC. The van der Waals surface area contributed by atoms with Gasteiger partial charge in [-0.1, -0.05) is 48.0 Å². The molecule has 3 unspecified atom stereocenters. The zero-order chi connectivity index (χ0) is 16.8. The molecule has 2 heterocycles. The maximum Gasteiger partial charge on any atom is 0.106 e. The smallest absolute Gasteiger partial charge is 0.106 e. The second-order valence-corrected chi connectivity index (χ2v) is 7.99. The molecule has 1 aliphatic carbocycles. The fourth-order valence-electron chi connectivity index (χ4n) is 5.45. The molecule has 3 rings (SSSR count). The van der Waals surface area contributed by atoms with E-state index in [9.17, 15) is 0 Å². The maximum atomic E-state index is 5.71. The molecule has 1 N–H and O–H groups in total. The first-order valence-electron chi connectivity index (χ1n) is 9.87. The lowest BCUT2D eigenvalue weighted by molar-refractivity contribution is -0.0579. The van der Waals surface area contributed by atoms with Crippen LogP contribution in [0.1, 0.15) is 73.6 Å². The van der Waals surface area contributed by atoms with E-state index in [2.05, 4.69) is 46.9 Å². The Labute approximate surface area is 142 Å². The van der Waals surface area contributed by atoms with Gasteiger partial charge in [0.1, 0.15) is 5.54 Å². The Balaban J connectivity index is 2.16. The monoisotopic (exact) mass is 317 g/mol. The van der Waals surface area contributed by atoms with Crippen molar-refractivity contribution in [3.8, 4) is 0 Å². The van der Waals surface area contributed by atoms with E-state index in [0.29, 0.717) is 11.8 Å². The van der Waals surface area contributed by atoms with E-state index in [-0.39, 0.29) is 11.0 Å². The molecule has 1 spiro atoms. The van der Waals surface area contributed by atoms with Crippen LogP contribution >= 0.6 is 0 Å². The van der Waals surface area contributed by atoms with E-state index in [0.717, 1.165) is 13.2 Å². The second-order valence-electron chi connectivity index (χ2n) is 7.99. The first-order chi connectivity index (χ1) is 11.0.